The van der Waals surface area contributed by atoms with Gasteiger partial charge in [-0.1, -0.05) is 35.6 Å². The summed E-state index contributed by atoms with van der Waals surface area (Å²) in [7, 11) is 0. The number of rotatable bonds is 5. The van der Waals surface area contributed by atoms with Crippen molar-refractivity contribution in [3.63, 3.8) is 0 Å². The molecule has 2 aromatic heterocycles. The van der Waals surface area contributed by atoms with E-state index in [0.717, 1.165) is 15.3 Å². The molecule has 0 saturated carbocycles. The first-order chi connectivity index (χ1) is 16.9. The van der Waals surface area contributed by atoms with Crippen molar-refractivity contribution >= 4 is 55.5 Å². The zero-order chi connectivity index (χ0) is 24.5. The highest BCUT2D eigenvalue weighted by Crippen LogP contribution is 2.31. The number of non-ortho nitro benzene ring substituents is 1. The van der Waals surface area contributed by atoms with E-state index < -0.39 is 10.8 Å². The van der Waals surface area contributed by atoms with Gasteiger partial charge in [-0.2, -0.15) is 10.1 Å². The van der Waals surface area contributed by atoms with E-state index in [1.165, 1.54) is 48.1 Å². The Kier molecular flexibility index (Phi) is 5.63. The summed E-state index contributed by atoms with van der Waals surface area (Å²) in [5.41, 5.74) is 1.79. The molecule has 3 aromatic carbocycles. The smallest absolute Gasteiger partial charge is 0.281 e. The molecule has 5 aromatic rings. The molecule has 35 heavy (non-hydrogen) atoms. The van der Waals surface area contributed by atoms with Crippen molar-refractivity contribution in [3.8, 4) is 0 Å². The summed E-state index contributed by atoms with van der Waals surface area (Å²) in [4.78, 5) is 41.5. The van der Waals surface area contributed by atoms with Crippen LogP contribution in [0.1, 0.15) is 21.5 Å². The third-order valence-corrected chi connectivity index (χ3v) is 6.22. The minimum atomic E-state index is -0.633. The average Bonchev–Trinajstić information content (AvgIpc) is 3.28. The van der Waals surface area contributed by atoms with Crippen LogP contribution in [-0.4, -0.2) is 22.0 Å². The first-order valence-electron chi connectivity index (χ1n) is 10.4. The van der Waals surface area contributed by atoms with Gasteiger partial charge in [0.05, 0.1) is 32.3 Å². The van der Waals surface area contributed by atoms with Gasteiger partial charge in [0.15, 0.2) is 0 Å². The normalized spacial score (nSPS) is 11.3. The van der Waals surface area contributed by atoms with Crippen molar-refractivity contribution < 1.29 is 14.1 Å². The van der Waals surface area contributed by atoms with Gasteiger partial charge in [-0.05, 0) is 42.8 Å². The van der Waals surface area contributed by atoms with E-state index >= 15 is 0 Å². The Morgan fingerprint density at radius 1 is 1.14 bits per heavy atom. The Labute approximate surface area is 201 Å². The predicted molar refractivity (Wildman–Crippen MR) is 134 cm³/mol. The maximum absolute atomic E-state index is 13.4. The van der Waals surface area contributed by atoms with Crippen LogP contribution in [0.15, 0.2) is 87.3 Å². The zero-order valence-corrected chi connectivity index (χ0v) is 19.1. The Bertz CT molecular complexity index is 1710. The lowest BCUT2D eigenvalue weighted by Gasteiger charge is -2.13. The second-order valence-electron chi connectivity index (χ2n) is 7.65. The molecule has 9 nitrogen and oxygen atoms in total. The van der Waals surface area contributed by atoms with Gasteiger partial charge in [-0.15, -0.1) is 0 Å². The molecule has 0 aliphatic carbocycles. The summed E-state index contributed by atoms with van der Waals surface area (Å²) < 4.78 is 6.37. The number of hydrogen-bond acceptors (Lipinski definition) is 8. The SMILES string of the molecule is Cc1ccc2nc(N(/N=C/c3coc4ccccc4c3=O)C(=O)c3cccc([N+](=O)[O-])c3)sc2c1. The van der Waals surface area contributed by atoms with Crippen LogP contribution in [-0.2, 0) is 0 Å². The molecular formula is C25H16N4O5S. The van der Waals surface area contributed by atoms with Crippen LogP contribution in [0.3, 0.4) is 0 Å². The highest BCUT2D eigenvalue weighted by atomic mass is 32.1. The lowest BCUT2D eigenvalue weighted by atomic mass is 10.2. The molecule has 0 N–H and O–H groups in total. The minimum Gasteiger partial charge on any atom is -0.463 e. The van der Waals surface area contributed by atoms with Gasteiger partial charge in [0.25, 0.3) is 11.6 Å². The number of carbonyl (C=O) groups excluding carboxylic acids is 1. The quantitative estimate of drug-likeness (QED) is 0.190. The van der Waals surface area contributed by atoms with Crippen molar-refractivity contribution in [2.24, 2.45) is 5.10 Å². The number of carbonyl (C=O) groups is 1. The molecule has 10 heteroatoms. The topological polar surface area (TPSA) is 119 Å². The second kappa shape index (κ2) is 8.92. The molecule has 172 valence electrons. The fraction of sp³-hybridized carbons (Fsp3) is 0.0400. The van der Waals surface area contributed by atoms with Crippen molar-refractivity contribution in [1.29, 1.82) is 0 Å². The number of nitro benzene ring substituents is 1. The number of para-hydroxylation sites is 1. The van der Waals surface area contributed by atoms with E-state index in [1.54, 1.807) is 24.3 Å². The Morgan fingerprint density at radius 3 is 2.80 bits per heavy atom. The van der Waals surface area contributed by atoms with E-state index in [-0.39, 0.29) is 27.4 Å². The molecule has 1 amide bonds. The van der Waals surface area contributed by atoms with Crippen LogP contribution in [0.4, 0.5) is 10.8 Å². The molecule has 0 aliphatic heterocycles. The third-order valence-electron chi connectivity index (χ3n) is 5.23. The summed E-state index contributed by atoms with van der Waals surface area (Å²) in [6, 6.07) is 17.8. The highest BCUT2D eigenvalue weighted by molar-refractivity contribution is 7.22. The van der Waals surface area contributed by atoms with Crippen molar-refractivity contribution in [3.05, 3.63) is 110 Å². The number of amides is 1. The van der Waals surface area contributed by atoms with Crippen molar-refractivity contribution in [2.45, 2.75) is 6.92 Å². The van der Waals surface area contributed by atoms with Crippen LogP contribution in [0.5, 0.6) is 0 Å². The van der Waals surface area contributed by atoms with E-state index in [1.807, 2.05) is 25.1 Å². The van der Waals surface area contributed by atoms with Crippen LogP contribution >= 0.6 is 11.3 Å². The largest absolute Gasteiger partial charge is 0.463 e. The Morgan fingerprint density at radius 2 is 1.97 bits per heavy atom. The van der Waals surface area contributed by atoms with E-state index in [2.05, 4.69) is 10.1 Å². The molecule has 0 atom stereocenters. The molecule has 5 rings (SSSR count). The van der Waals surface area contributed by atoms with Gasteiger partial charge in [-0.25, -0.2) is 4.98 Å². The number of nitrogens with zero attached hydrogens (tertiary/aromatic N) is 4. The minimum absolute atomic E-state index is 0.0531. The number of thiazole rings is 1. The summed E-state index contributed by atoms with van der Waals surface area (Å²) >= 11 is 1.24. The fourth-order valence-corrected chi connectivity index (χ4v) is 4.50. The molecule has 2 heterocycles. The maximum atomic E-state index is 13.4. The van der Waals surface area contributed by atoms with Crippen molar-refractivity contribution in [2.75, 3.05) is 5.01 Å². The lowest BCUT2D eigenvalue weighted by molar-refractivity contribution is -0.384. The first kappa shape index (κ1) is 22.1. The summed E-state index contributed by atoms with van der Waals surface area (Å²) in [6.07, 6.45) is 2.50. The van der Waals surface area contributed by atoms with Gasteiger partial charge >= 0.3 is 0 Å². The monoisotopic (exact) mass is 484 g/mol. The molecule has 0 radical (unpaired) electrons. The number of benzene rings is 3. The number of aryl methyl sites for hydroxylation is 1. The number of aromatic nitrogens is 1. The van der Waals surface area contributed by atoms with E-state index in [4.69, 9.17) is 4.42 Å². The molecule has 0 bridgehead atoms. The van der Waals surface area contributed by atoms with Gasteiger partial charge in [-0.3, -0.25) is 19.7 Å². The molecule has 0 spiro atoms. The van der Waals surface area contributed by atoms with Gasteiger partial charge in [0.2, 0.25) is 10.6 Å². The lowest BCUT2D eigenvalue weighted by Crippen LogP contribution is -2.26. The number of anilines is 1. The number of hydrogen-bond donors (Lipinski definition) is 0. The van der Waals surface area contributed by atoms with Crippen LogP contribution in [0.25, 0.3) is 21.2 Å². The molecular weight excluding hydrogens is 468 g/mol. The molecule has 0 unspecified atom stereocenters. The first-order valence-corrected chi connectivity index (χ1v) is 11.2. The summed E-state index contributed by atoms with van der Waals surface area (Å²) in [5.74, 6) is -0.633. The number of fused-ring (bicyclic) bond motifs is 2. The molecule has 0 fully saturated rings. The van der Waals surface area contributed by atoms with Gasteiger partial charge in [0, 0.05) is 17.7 Å². The Balaban J connectivity index is 1.61. The maximum Gasteiger partial charge on any atom is 0.281 e. The van der Waals surface area contributed by atoms with E-state index in [9.17, 15) is 19.7 Å². The number of nitro groups is 1. The molecule has 0 saturated heterocycles. The molecule has 0 aliphatic rings. The zero-order valence-electron chi connectivity index (χ0n) is 18.2. The average molecular weight is 484 g/mol. The third kappa shape index (κ3) is 4.30. The predicted octanol–water partition coefficient (Wildman–Crippen LogP) is 5.30. The standard InChI is InChI=1S/C25H16N4O5S/c1-15-9-10-20-22(11-15)35-25(27-20)28(24(31)16-5-4-6-18(12-16)29(32)33)26-13-17-14-34-21-8-3-2-7-19(21)23(17)30/h2-14H,1H3/b26-13+. The van der Waals surface area contributed by atoms with Crippen LogP contribution in [0.2, 0.25) is 0 Å². The van der Waals surface area contributed by atoms with Gasteiger partial charge in [0.1, 0.15) is 11.8 Å². The summed E-state index contributed by atoms with van der Waals surface area (Å²) in [5, 5.41) is 17.2. The van der Waals surface area contributed by atoms with Gasteiger partial charge < -0.3 is 4.42 Å². The Hall–Kier alpha value is -4.70. The highest BCUT2D eigenvalue weighted by Gasteiger charge is 2.23. The van der Waals surface area contributed by atoms with Crippen molar-refractivity contribution in [1.82, 2.24) is 4.98 Å². The second-order valence-corrected chi connectivity index (χ2v) is 8.66. The summed E-state index contributed by atoms with van der Waals surface area (Å²) in [6.45, 7) is 1.95. The van der Waals surface area contributed by atoms with Crippen LogP contribution in [0, 0.1) is 17.0 Å². The number of hydrazone groups is 1. The fourth-order valence-electron chi connectivity index (χ4n) is 3.48. The van der Waals surface area contributed by atoms with E-state index in [0.29, 0.717) is 16.5 Å². The van der Waals surface area contributed by atoms with Crippen LogP contribution < -0.4 is 10.4 Å².